The molecule has 3 heteroatoms. The molecule has 1 amide bonds. The van der Waals surface area contributed by atoms with E-state index in [2.05, 4.69) is 6.07 Å². The molecular weight excluding hydrogens is 200 g/mol. The number of carbonyl (C=O) groups is 1. The summed E-state index contributed by atoms with van der Waals surface area (Å²) in [4.78, 5) is 13.5. The molecule has 0 aromatic heterocycles. The zero-order valence-electron chi connectivity index (χ0n) is 9.36. The third-order valence-corrected chi connectivity index (χ3v) is 2.95. The van der Waals surface area contributed by atoms with E-state index in [0.717, 1.165) is 30.6 Å². The summed E-state index contributed by atoms with van der Waals surface area (Å²) in [5, 5.41) is 8.84. The smallest absolute Gasteiger partial charge is 0.227 e. The second-order valence-electron chi connectivity index (χ2n) is 3.96. The van der Waals surface area contributed by atoms with Crippen LogP contribution in [0, 0.1) is 11.3 Å². The molecule has 0 aliphatic carbocycles. The number of carbonyl (C=O) groups excluding carboxylic acids is 1. The molecule has 3 nitrogen and oxygen atoms in total. The summed E-state index contributed by atoms with van der Waals surface area (Å²) in [7, 11) is 0. The van der Waals surface area contributed by atoms with Crippen molar-refractivity contribution in [2.75, 3.05) is 11.4 Å². The van der Waals surface area contributed by atoms with Crippen molar-refractivity contribution < 1.29 is 4.79 Å². The highest BCUT2D eigenvalue weighted by Gasteiger charge is 2.23. The van der Waals surface area contributed by atoms with Gasteiger partial charge in [-0.25, -0.2) is 0 Å². The van der Waals surface area contributed by atoms with Crippen molar-refractivity contribution >= 4 is 11.6 Å². The van der Waals surface area contributed by atoms with Gasteiger partial charge in [-0.1, -0.05) is 6.92 Å². The summed E-state index contributed by atoms with van der Waals surface area (Å²) < 4.78 is 0. The van der Waals surface area contributed by atoms with Crippen molar-refractivity contribution in [2.24, 2.45) is 0 Å². The Balaban J connectivity index is 2.41. The van der Waals surface area contributed by atoms with Gasteiger partial charge in [0.2, 0.25) is 5.91 Å². The van der Waals surface area contributed by atoms with E-state index in [4.69, 9.17) is 5.26 Å². The predicted octanol–water partition coefficient (Wildman–Crippen LogP) is 2.25. The molecule has 0 N–H and O–H groups in total. The van der Waals surface area contributed by atoms with Crippen LogP contribution in [0.3, 0.4) is 0 Å². The third-order valence-electron chi connectivity index (χ3n) is 2.95. The summed E-state index contributed by atoms with van der Waals surface area (Å²) in [6.45, 7) is 2.85. The summed E-state index contributed by atoms with van der Waals surface area (Å²) >= 11 is 0. The molecule has 1 saturated heterocycles. The standard InChI is InChI=1S/C13H14N2O/c1-2-11-8-10(9-14)5-6-12(11)15-7-3-4-13(15)16/h5-6,8H,2-4,7H2,1H3. The highest BCUT2D eigenvalue weighted by molar-refractivity contribution is 5.96. The number of nitriles is 1. The van der Waals surface area contributed by atoms with Gasteiger partial charge >= 0.3 is 0 Å². The van der Waals surface area contributed by atoms with Crippen LogP contribution in [0.25, 0.3) is 0 Å². The minimum Gasteiger partial charge on any atom is -0.312 e. The Hall–Kier alpha value is -1.82. The molecule has 1 aliphatic rings. The molecule has 2 rings (SSSR count). The summed E-state index contributed by atoms with van der Waals surface area (Å²) in [5.74, 6) is 0.194. The van der Waals surface area contributed by atoms with E-state index in [-0.39, 0.29) is 5.91 Å². The van der Waals surface area contributed by atoms with E-state index in [9.17, 15) is 4.79 Å². The van der Waals surface area contributed by atoms with Crippen molar-refractivity contribution in [3.8, 4) is 6.07 Å². The van der Waals surface area contributed by atoms with Crippen molar-refractivity contribution in [1.29, 1.82) is 5.26 Å². The second-order valence-corrected chi connectivity index (χ2v) is 3.96. The summed E-state index contributed by atoms with van der Waals surface area (Å²) in [6.07, 6.45) is 2.42. The summed E-state index contributed by atoms with van der Waals surface area (Å²) in [6, 6.07) is 7.67. The molecule has 1 aliphatic heterocycles. The Kier molecular flexibility index (Phi) is 2.91. The van der Waals surface area contributed by atoms with Gasteiger partial charge in [0.25, 0.3) is 0 Å². The molecule has 82 valence electrons. The van der Waals surface area contributed by atoms with Crippen LogP contribution in [0.15, 0.2) is 18.2 Å². The average molecular weight is 214 g/mol. The van der Waals surface area contributed by atoms with Crippen LogP contribution in [0.1, 0.15) is 30.9 Å². The first-order valence-corrected chi connectivity index (χ1v) is 5.59. The van der Waals surface area contributed by atoms with Crippen LogP contribution in [0.5, 0.6) is 0 Å². The molecule has 0 saturated carbocycles. The quantitative estimate of drug-likeness (QED) is 0.757. The molecule has 0 bridgehead atoms. The fourth-order valence-electron chi connectivity index (χ4n) is 2.10. The first-order valence-electron chi connectivity index (χ1n) is 5.59. The lowest BCUT2D eigenvalue weighted by Gasteiger charge is -2.19. The number of nitrogens with zero attached hydrogens (tertiary/aromatic N) is 2. The van der Waals surface area contributed by atoms with Gasteiger partial charge in [-0.05, 0) is 36.6 Å². The average Bonchev–Trinajstić information content (AvgIpc) is 2.74. The Bertz CT molecular complexity index is 459. The molecule has 0 spiro atoms. The third kappa shape index (κ3) is 1.79. The number of hydrogen-bond acceptors (Lipinski definition) is 2. The maximum absolute atomic E-state index is 11.7. The van der Waals surface area contributed by atoms with Gasteiger partial charge in [0.05, 0.1) is 11.6 Å². The van der Waals surface area contributed by atoms with E-state index in [1.807, 2.05) is 24.0 Å². The van der Waals surface area contributed by atoms with Gasteiger partial charge in [-0.2, -0.15) is 5.26 Å². The number of anilines is 1. The molecule has 0 atom stereocenters. The zero-order valence-corrected chi connectivity index (χ0v) is 9.36. The van der Waals surface area contributed by atoms with E-state index < -0.39 is 0 Å². The normalized spacial score (nSPS) is 15.2. The van der Waals surface area contributed by atoms with Crippen molar-refractivity contribution in [2.45, 2.75) is 26.2 Å². The molecule has 1 fully saturated rings. The molecule has 0 unspecified atom stereocenters. The number of amides is 1. The molecule has 1 aromatic rings. The lowest BCUT2D eigenvalue weighted by molar-refractivity contribution is -0.117. The number of rotatable bonds is 2. The number of aryl methyl sites for hydroxylation is 1. The first-order chi connectivity index (χ1) is 7.76. The van der Waals surface area contributed by atoms with E-state index in [0.29, 0.717) is 12.0 Å². The van der Waals surface area contributed by atoms with Crippen molar-refractivity contribution in [1.82, 2.24) is 0 Å². The maximum Gasteiger partial charge on any atom is 0.227 e. The Morgan fingerprint density at radius 1 is 1.50 bits per heavy atom. The largest absolute Gasteiger partial charge is 0.312 e. The lowest BCUT2D eigenvalue weighted by atomic mass is 10.1. The van der Waals surface area contributed by atoms with Crippen LogP contribution in [0.2, 0.25) is 0 Å². The van der Waals surface area contributed by atoms with Crippen molar-refractivity contribution in [3.63, 3.8) is 0 Å². The summed E-state index contributed by atoms with van der Waals surface area (Å²) in [5.41, 5.74) is 2.71. The van der Waals surface area contributed by atoms with Gasteiger partial charge in [0.1, 0.15) is 0 Å². The van der Waals surface area contributed by atoms with E-state index in [1.165, 1.54) is 0 Å². The van der Waals surface area contributed by atoms with E-state index in [1.54, 1.807) is 6.07 Å². The molecule has 1 aromatic carbocycles. The lowest BCUT2D eigenvalue weighted by Crippen LogP contribution is -2.24. The fraction of sp³-hybridized carbons (Fsp3) is 0.385. The second kappa shape index (κ2) is 4.36. The molecule has 16 heavy (non-hydrogen) atoms. The fourth-order valence-corrected chi connectivity index (χ4v) is 2.10. The van der Waals surface area contributed by atoms with Gasteiger partial charge in [-0.15, -0.1) is 0 Å². The van der Waals surface area contributed by atoms with Crippen LogP contribution in [-0.2, 0) is 11.2 Å². The van der Waals surface area contributed by atoms with Crippen LogP contribution < -0.4 is 4.90 Å². The monoisotopic (exact) mass is 214 g/mol. The van der Waals surface area contributed by atoms with E-state index >= 15 is 0 Å². The SMILES string of the molecule is CCc1cc(C#N)ccc1N1CCCC1=O. The number of benzene rings is 1. The van der Waals surface area contributed by atoms with Crippen LogP contribution in [0.4, 0.5) is 5.69 Å². The Labute approximate surface area is 95.3 Å². The highest BCUT2D eigenvalue weighted by Crippen LogP contribution is 2.26. The Morgan fingerprint density at radius 3 is 2.88 bits per heavy atom. The van der Waals surface area contributed by atoms with Crippen molar-refractivity contribution in [3.05, 3.63) is 29.3 Å². The highest BCUT2D eigenvalue weighted by atomic mass is 16.2. The minimum atomic E-state index is 0.194. The number of hydrogen-bond donors (Lipinski definition) is 0. The van der Waals surface area contributed by atoms with Gasteiger partial charge in [-0.3, -0.25) is 4.79 Å². The minimum absolute atomic E-state index is 0.194. The van der Waals surface area contributed by atoms with Gasteiger partial charge in [0.15, 0.2) is 0 Å². The zero-order chi connectivity index (χ0) is 11.5. The van der Waals surface area contributed by atoms with Gasteiger partial charge < -0.3 is 4.90 Å². The molecule has 1 heterocycles. The molecule has 0 radical (unpaired) electrons. The molecular formula is C13H14N2O. The van der Waals surface area contributed by atoms with Gasteiger partial charge in [0, 0.05) is 18.7 Å². The Morgan fingerprint density at radius 2 is 2.31 bits per heavy atom. The maximum atomic E-state index is 11.7. The topological polar surface area (TPSA) is 44.1 Å². The predicted molar refractivity (Wildman–Crippen MR) is 62.1 cm³/mol. The van der Waals surface area contributed by atoms with Crippen LogP contribution >= 0.6 is 0 Å². The van der Waals surface area contributed by atoms with Crippen LogP contribution in [-0.4, -0.2) is 12.5 Å². The first kappa shape index (κ1) is 10.7.